The molecule has 10 heteroatoms. The molecule has 0 spiro atoms. The number of carbonyl (C=O) groups is 2. The third-order valence-corrected chi connectivity index (χ3v) is 6.96. The van der Waals surface area contributed by atoms with Gasteiger partial charge in [0.25, 0.3) is 5.91 Å². The average molecular weight is 439 g/mol. The molecule has 6 N–H and O–H groups in total. The Labute approximate surface area is 182 Å². The second-order valence-electron chi connectivity index (χ2n) is 7.43. The van der Waals surface area contributed by atoms with E-state index in [1.807, 2.05) is 12.1 Å². The standard InChI is InChI=1S/C21H21N5O4S/c22-14-4-2-1-3-13(14)21(19(23)27)25-15-7-8-26(10-18(15)31-21)20(28)24-12-5-6-16-17(9-12)30-11-29-16/h1-6,9,25H,7-8,10-11,22H2,(H2,23,27)(H,24,28). The van der Waals surface area contributed by atoms with Gasteiger partial charge in [0, 0.05) is 46.6 Å². The molecule has 1 atom stereocenters. The second kappa shape index (κ2) is 7.31. The number of benzene rings is 2. The Morgan fingerprint density at radius 3 is 2.77 bits per heavy atom. The lowest BCUT2D eigenvalue weighted by molar-refractivity contribution is -0.121. The van der Waals surface area contributed by atoms with Gasteiger partial charge in [-0.2, -0.15) is 0 Å². The van der Waals surface area contributed by atoms with Gasteiger partial charge in [0.05, 0.1) is 6.54 Å². The zero-order valence-corrected chi connectivity index (χ0v) is 17.3. The number of anilines is 2. The Hall–Kier alpha value is -3.53. The van der Waals surface area contributed by atoms with Gasteiger partial charge in [-0.3, -0.25) is 4.79 Å². The predicted molar refractivity (Wildman–Crippen MR) is 117 cm³/mol. The van der Waals surface area contributed by atoms with E-state index in [0.717, 1.165) is 10.6 Å². The van der Waals surface area contributed by atoms with Crippen LogP contribution in [0.4, 0.5) is 16.2 Å². The van der Waals surface area contributed by atoms with E-state index in [9.17, 15) is 9.59 Å². The van der Waals surface area contributed by atoms with Crippen LogP contribution in [0.3, 0.4) is 0 Å². The number of para-hydroxylation sites is 1. The molecule has 3 heterocycles. The van der Waals surface area contributed by atoms with Gasteiger partial charge >= 0.3 is 6.03 Å². The van der Waals surface area contributed by atoms with Crippen molar-refractivity contribution in [2.75, 3.05) is 30.9 Å². The molecule has 3 aliphatic heterocycles. The number of nitrogens with two attached hydrogens (primary N) is 2. The van der Waals surface area contributed by atoms with E-state index in [4.69, 9.17) is 20.9 Å². The molecule has 31 heavy (non-hydrogen) atoms. The van der Waals surface area contributed by atoms with Crippen LogP contribution in [0, 0.1) is 0 Å². The van der Waals surface area contributed by atoms with Crippen molar-refractivity contribution in [2.24, 2.45) is 5.73 Å². The number of carbonyl (C=O) groups excluding carboxylic acids is 2. The van der Waals surface area contributed by atoms with E-state index in [2.05, 4.69) is 10.6 Å². The number of fused-ring (bicyclic) bond motifs is 1. The molecule has 0 aliphatic carbocycles. The molecule has 1 unspecified atom stereocenters. The lowest BCUT2D eigenvalue weighted by atomic mass is 10.0. The van der Waals surface area contributed by atoms with Gasteiger partial charge in [-0.15, -0.1) is 0 Å². The highest BCUT2D eigenvalue weighted by atomic mass is 32.2. The summed E-state index contributed by atoms with van der Waals surface area (Å²) in [5.41, 5.74) is 14.6. The summed E-state index contributed by atoms with van der Waals surface area (Å²) in [6, 6.07) is 12.2. The summed E-state index contributed by atoms with van der Waals surface area (Å²) in [6.07, 6.45) is 0.582. The van der Waals surface area contributed by atoms with Crippen LogP contribution in [-0.4, -0.2) is 36.7 Å². The minimum absolute atomic E-state index is 0.174. The lowest BCUT2D eigenvalue weighted by Gasteiger charge is -2.28. The first-order valence-electron chi connectivity index (χ1n) is 9.76. The summed E-state index contributed by atoms with van der Waals surface area (Å²) in [5.74, 6) is 0.729. The van der Waals surface area contributed by atoms with Crippen molar-refractivity contribution in [3.8, 4) is 11.5 Å². The number of nitrogens with one attached hydrogen (secondary N) is 2. The lowest BCUT2D eigenvalue weighted by Crippen LogP contribution is -2.47. The Kier molecular flexibility index (Phi) is 4.58. The maximum atomic E-state index is 12.9. The number of hydrogen-bond donors (Lipinski definition) is 4. The highest BCUT2D eigenvalue weighted by molar-refractivity contribution is 8.05. The van der Waals surface area contributed by atoms with E-state index < -0.39 is 10.8 Å². The molecule has 9 nitrogen and oxygen atoms in total. The Morgan fingerprint density at radius 1 is 1.16 bits per heavy atom. The Morgan fingerprint density at radius 2 is 1.97 bits per heavy atom. The fourth-order valence-electron chi connectivity index (χ4n) is 3.92. The molecule has 0 saturated carbocycles. The van der Waals surface area contributed by atoms with E-state index in [1.165, 1.54) is 11.8 Å². The number of nitrogens with zero attached hydrogens (tertiary/aromatic N) is 1. The monoisotopic (exact) mass is 439 g/mol. The number of rotatable bonds is 3. The van der Waals surface area contributed by atoms with Crippen molar-refractivity contribution in [3.63, 3.8) is 0 Å². The van der Waals surface area contributed by atoms with Gasteiger partial charge in [0.15, 0.2) is 16.4 Å². The van der Waals surface area contributed by atoms with Gasteiger partial charge in [-0.25, -0.2) is 4.79 Å². The average Bonchev–Trinajstić information content (AvgIpc) is 3.38. The van der Waals surface area contributed by atoms with Gasteiger partial charge in [-0.1, -0.05) is 30.0 Å². The van der Waals surface area contributed by atoms with Crippen molar-refractivity contribution in [2.45, 2.75) is 11.3 Å². The third kappa shape index (κ3) is 3.28. The highest BCUT2D eigenvalue weighted by Crippen LogP contribution is 2.49. The molecule has 2 aromatic rings. The number of amides is 3. The third-order valence-electron chi connectivity index (χ3n) is 5.50. The van der Waals surface area contributed by atoms with E-state index in [-0.39, 0.29) is 12.8 Å². The zero-order chi connectivity index (χ0) is 21.6. The summed E-state index contributed by atoms with van der Waals surface area (Å²) in [4.78, 5) is 26.8. The first-order valence-corrected chi connectivity index (χ1v) is 10.6. The maximum Gasteiger partial charge on any atom is 0.322 e. The number of nitrogen functional groups attached to an aromatic ring is 1. The number of ether oxygens (including phenoxy) is 2. The minimum atomic E-state index is -1.18. The number of primary amides is 1. The zero-order valence-electron chi connectivity index (χ0n) is 16.5. The molecule has 160 valence electrons. The Bertz CT molecular complexity index is 1120. The molecule has 5 rings (SSSR count). The van der Waals surface area contributed by atoms with E-state index in [0.29, 0.717) is 47.9 Å². The predicted octanol–water partition coefficient (Wildman–Crippen LogP) is 2.12. The topological polar surface area (TPSA) is 132 Å². The fraction of sp³-hybridized carbons (Fsp3) is 0.238. The summed E-state index contributed by atoms with van der Waals surface area (Å²) >= 11 is 1.32. The quantitative estimate of drug-likeness (QED) is 0.539. The molecule has 0 radical (unpaired) electrons. The first kappa shape index (κ1) is 19.4. The molecular formula is C21H21N5O4S. The number of urea groups is 1. The van der Waals surface area contributed by atoms with Gasteiger partial charge in [-0.05, 0) is 18.2 Å². The van der Waals surface area contributed by atoms with Crippen LogP contribution in [0.5, 0.6) is 11.5 Å². The summed E-state index contributed by atoms with van der Waals surface area (Å²) in [7, 11) is 0. The van der Waals surface area contributed by atoms with Crippen LogP contribution in [0.1, 0.15) is 12.0 Å². The maximum absolute atomic E-state index is 12.9. The van der Waals surface area contributed by atoms with Crippen molar-refractivity contribution in [1.29, 1.82) is 0 Å². The van der Waals surface area contributed by atoms with Crippen LogP contribution in [0.15, 0.2) is 53.1 Å². The van der Waals surface area contributed by atoms with Crippen LogP contribution >= 0.6 is 11.8 Å². The summed E-state index contributed by atoms with van der Waals surface area (Å²) in [5, 5.41) is 6.19. The number of hydrogen-bond acceptors (Lipinski definition) is 7. The summed E-state index contributed by atoms with van der Waals surface area (Å²) < 4.78 is 10.7. The molecule has 0 aromatic heterocycles. The molecule has 3 amide bonds. The first-order chi connectivity index (χ1) is 15.0. The Balaban J connectivity index is 1.32. The number of thioether (sulfide) groups is 1. The SMILES string of the molecule is NC(=O)C1(c2ccccc2N)NC2=C(CN(C(=O)Nc3ccc4c(c3)OCO4)CC2)S1. The second-order valence-corrected chi connectivity index (χ2v) is 8.74. The summed E-state index contributed by atoms with van der Waals surface area (Å²) in [6.45, 7) is 1.04. The molecule has 2 aromatic carbocycles. The van der Waals surface area contributed by atoms with Crippen molar-refractivity contribution < 1.29 is 19.1 Å². The molecule has 3 aliphatic rings. The highest BCUT2D eigenvalue weighted by Gasteiger charge is 2.48. The minimum Gasteiger partial charge on any atom is -0.454 e. The van der Waals surface area contributed by atoms with Gasteiger partial charge < -0.3 is 36.5 Å². The fourth-order valence-corrected chi connectivity index (χ4v) is 5.35. The van der Waals surface area contributed by atoms with Crippen LogP contribution in [-0.2, 0) is 9.67 Å². The van der Waals surface area contributed by atoms with Crippen molar-refractivity contribution >= 4 is 35.1 Å². The van der Waals surface area contributed by atoms with Gasteiger partial charge in [0.1, 0.15) is 0 Å². The smallest absolute Gasteiger partial charge is 0.322 e. The normalized spacial score (nSPS) is 21.5. The van der Waals surface area contributed by atoms with E-state index >= 15 is 0 Å². The van der Waals surface area contributed by atoms with Crippen molar-refractivity contribution in [3.05, 3.63) is 58.6 Å². The molecule has 0 saturated heterocycles. The van der Waals surface area contributed by atoms with E-state index in [1.54, 1.807) is 35.2 Å². The van der Waals surface area contributed by atoms with Crippen LogP contribution in [0.2, 0.25) is 0 Å². The molecule has 0 bridgehead atoms. The van der Waals surface area contributed by atoms with Crippen LogP contribution in [0.25, 0.3) is 0 Å². The molecular weight excluding hydrogens is 418 g/mol. The van der Waals surface area contributed by atoms with Gasteiger partial charge in [0.2, 0.25) is 6.79 Å². The van der Waals surface area contributed by atoms with Crippen molar-refractivity contribution in [1.82, 2.24) is 10.2 Å². The largest absolute Gasteiger partial charge is 0.454 e. The molecule has 0 fully saturated rings. The van der Waals surface area contributed by atoms with Crippen LogP contribution < -0.4 is 31.6 Å².